The fourth-order valence-electron chi connectivity index (χ4n) is 9.35. The van der Waals surface area contributed by atoms with Crippen LogP contribution in [-0.4, -0.2) is 19.5 Å². The number of para-hydroxylation sites is 2. The Morgan fingerprint density at radius 1 is 0.317 bits per heavy atom. The van der Waals surface area contributed by atoms with E-state index in [0.29, 0.717) is 17.5 Å². The summed E-state index contributed by atoms with van der Waals surface area (Å²) in [5.41, 5.74) is 7.76. The first-order valence-electron chi connectivity index (χ1n) is 20.3. The molecule has 0 fully saturated rings. The largest absolute Gasteiger partial charge is 0.456 e. The first-order chi connectivity index (χ1) is 29.7. The maximum absolute atomic E-state index is 6.65. The molecule has 0 N–H and O–H groups in total. The summed E-state index contributed by atoms with van der Waals surface area (Å²) < 4.78 is 9.06. The number of fused-ring (bicyclic) bond motifs is 12. The summed E-state index contributed by atoms with van der Waals surface area (Å²) in [7, 11) is 0. The van der Waals surface area contributed by atoms with Crippen LogP contribution in [0.25, 0.3) is 127 Å². The minimum atomic E-state index is 0.607. The van der Waals surface area contributed by atoms with Crippen molar-refractivity contribution in [2.45, 2.75) is 0 Å². The minimum absolute atomic E-state index is 0.607. The summed E-state index contributed by atoms with van der Waals surface area (Å²) in [6.07, 6.45) is 0. The number of furan rings is 1. The molecule has 3 aromatic heterocycles. The molecule has 13 aromatic rings. The molecule has 0 spiro atoms. The van der Waals surface area contributed by atoms with Crippen molar-refractivity contribution < 1.29 is 4.42 Å². The molecule has 0 saturated heterocycles. The molecular formula is C55H32N4O. The fourth-order valence-corrected chi connectivity index (χ4v) is 9.35. The Labute approximate surface area is 343 Å². The Morgan fingerprint density at radius 3 is 1.70 bits per heavy atom. The molecule has 0 amide bonds. The number of nitrogens with zero attached hydrogens (tertiary/aromatic N) is 4. The van der Waals surface area contributed by atoms with Crippen LogP contribution >= 0.6 is 0 Å². The van der Waals surface area contributed by atoms with Crippen LogP contribution in [-0.2, 0) is 0 Å². The molecule has 60 heavy (non-hydrogen) atoms. The lowest BCUT2D eigenvalue weighted by atomic mass is 9.99. The van der Waals surface area contributed by atoms with Crippen molar-refractivity contribution in [3.05, 3.63) is 194 Å². The standard InChI is InChI=1S/C55H32N4O/c1-2-13-35(14-3-1)53-56-54(38-25-24-34-23-22-33-12-6-7-17-40(33)44(34)29-38)58-55(57-53)39-26-27-42-46(30-39)49(32-51-52(42)43-19-9-11-21-50(43)60-51)59-47-20-10-8-18-41(47)45-28-36-15-4-5-16-37(36)31-48(45)59/h1-32H. The molecule has 5 heteroatoms. The van der Waals surface area contributed by atoms with E-state index in [1.54, 1.807) is 0 Å². The maximum Gasteiger partial charge on any atom is 0.164 e. The SMILES string of the molecule is c1ccc(-c2nc(-c3ccc4c(c3)c(-n3c5ccccc5c5cc6ccccc6cc53)cc3oc5ccccc5c34)nc(-c3ccc4ccc5ccccc5c4c3)n2)cc1. The summed E-state index contributed by atoms with van der Waals surface area (Å²) in [6.45, 7) is 0. The van der Waals surface area contributed by atoms with Gasteiger partial charge >= 0.3 is 0 Å². The zero-order chi connectivity index (χ0) is 39.3. The van der Waals surface area contributed by atoms with Crippen molar-refractivity contribution in [1.82, 2.24) is 19.5 Å². The van der Waals surface area contributed by atoms with Crippen LogP contribution in [0.15, 0.2) is 199 Å². The van der Waals surface area contributed by atoms with Crippen LogP contribution in [0.2, 0.25) is 0 Å². The van der Waals surface area contributed by atoms with Crippen molar-refractivity contribution in [3.63, 3.8) is 0 Å². The topological polar surface area (TPSA) is 56.7 Å². The lowest BCUT2D eigenvalue weighted by Gasteiger charge is -2.15. The van der Waals surface area contributed by atoms with Crippen LogP contribution in [0.1, 0.15) is 0 Å². The molecule has 3 heterocycles. The summed E-state index contributed by atoms with van der Waals surface area (Å²) in [6, 6.07) is 68.7. The van der Waals surface area contributed by atoms with Crippen LogP contribution in [0, 0.1) is 0 Å². The number of aromatic nitrogens is 4. The molecule has 13 rings (SSSR count). The first-order valence-corrected chi connectivity index (χ1v) is 20.3. The van der Waals surface area contributed by atoms with Crippen LogP contribution in [0.4, 0.5) is 0 Å². The van der Waals surface area contributed by atoms with E-state index in [4.69, 9.17) is 19.4 Å². The first kappa shape index (κ1) is 32.9. The van der Waals surface area contributed by atoms with E-state index in [2.05, 4.69) is 174 Å². The number of rotatable bonds is 4. The average molecular weight is 765 g/mol. The third-order valence-electron chi connectivity index (χ3n) is 12.2. The predicted octanol–water partition coefficient (Wildman–Crippen LogP) is 14.5. The van der Waals surface area contributed by atoms with E-state index in [-0.39, 0.29) is 0 Å². The van der Waals surface area contributed by atoms with Crippen LogP contribution < -0.4 is 0 Å². The molecule has 0 aliphatic heterocycles. The smallest absolute Gasteiger partial charge is 0.164 e. The van der Waals surface area contributed by atoms with Crippen LogP contribution in [0.5, 0.6) is 0 Å². The van der Waals surface area contributed by atoms with Gasteiger partial charge < -0.3 is 8.98 Å². The highest BCUT2D eigenvalue weighted by molar-refractivity contribution is 6.22. The monoisotopic (exact) mass is 764 g/mol. The molecule has 0 aliphatic rings. The predicted molar refractivity (Wildman–Crippen MR) is 248 cm³/mol. The third kappa shape index (κ3) is 4.96. The summed E-state index contributed by atoms with van der Waals surface area (Å²) in [5.74, 6) is 1.86. The summed E-state index contributed by atoms with van der Waals surface area (Å²) in [4.78, 5) is 15.6. The molecule has 0 unspecified atom stereocenters. The van der Waals surface area contributed by atoms with E-state index in [1.165, 1.54) is 43.1 Å². The van der Waals surface area contributed by atoms with E-state index in [0.717, 1.165) is 66.1 Å². The van der Waals surface area contributed by atoms with Gasteiger partial charge in [0.2, 0.25) is 0 Å². The molecule has 0 radical (unpaired) electrons. The van der Waals surface area contributed by atoms with Gasteiger partial charge in [0.05, 0.1) is 16.7 Å². The van der Waals surface area contributed by atoms with E-state index in [9.17, 15) is 0 Å². The quantitative estimate of drug-likeness (QED) is 0.167. The highest BCUT2D eigenvalue weighted by Crippen LogP contribution is 2.43. The Hall–Kier alpha value is -8.15. The summed E-state index contributed by atoms with van der Waals surface area (Å²) in [5, 5.41) is 13.9. The van der Waals surface area contributed by atoms with Gasteiger partial charge in [0.25, 0.3) is 0 Å². The highest BCUT2D eigenvalue weighted by atomic mass is 16.3. The van der Waals surface area contributed by atoms with E-state index >= 15 is 0 Å². The normalized spacial score (nSPS) is 12.0. The molecule has 0 bridgehead atoms. The highest BCUT2D eigenvalue weighted by Gasteiger charge is 2.21. The molecule has 10 aromatic carbocycles. The second kappa shape index (κ2) is 12.7. The number of hydrogen-bond acceptors (Lipinski definition) is 4. The molecule has 5 nitrogen and oxygen atoms in total. The van der Waals surface area contributed by atoms with Gasteiger partial charge in [-0.25, -0.2) is 15.0 Å². The zero-order valence-corrected chi connectivity index (χ0v) is 32.2. The summed E-state index contributed by atoms with van der Waals surface area (Å²) >= 11 is 0. The zero-order valence-electron chi connectivity index (χ0n) is 32.2. The van der Waals surface area contributed by atoms with Gasteiger partial charge in [-0.15, -0.1) is 0 Å². The Morgan fingerprint density at radius 2 is 0.900 bits per heavy atom. The molecule has 0 aliphatic carbocycles. The third-order valence-corrected chi connectivity index (χ3v) is 12.2. The lowest BCUT2D eigenvalue weighted by Crippen LogP contribution is -2.01. The fraction of sp³-hybridized carbons (Fsp3) is 0. The maximum atomic E-state index is 6.65. The van der Waals surface area contributed by atoms with Gasteiger partial charge in [-0.2, -0.15) is 0 Å². The molecule has 0 atom stereocenters. The Kier molecular flexibility index (Phi) is 6.95. The van der Waals surface area contributed by atoms with Gasteiger partial charge in [0.1, 0.15) is 11.2 Å². The van der Waals surface area contributed by atoms with Crippen LogP contribution in [0.3, 0.4) is 0 Å². The van der Waals surface area contributed by atoms with Crippen molar-refractivity contribution in [2.24, 2.45) is 0 Å². The Balaban J connectivity index is 1.10. The van der Waals surface area contributed by atoms with Crippen molar-refractivity contribution in [3.8, 4) is 39.9 Å². The average Bonchev–Trinajstić information content (AvgIpc) is 3.85. The van der Waals surface area contributed by atoms with Crippen molar-refractivity contribution in [1.29, 1.82) is 0 Å². The minimum Gasteiger partial charge on any atom is -0.456 e. The molecule has 0 saturated carbocycles. The lowest BCUT2D eigenvalue weighted by molar-refractivity contribution is 0.669. The van der Waals surface area contributed by atoms with Gasteiger partial charge in [-0.1, -0.05) is 152 Å². The Bertz CT molecular complexity index is 3900. The van der Waals surface area contributed by atoms with E-state index in [1.807, 2.05) is 24.3 Å². The van der Waals surface area contributed by atoms with Crippen molar-refractivity contribution in [2.75, 3.05) is 0 Å². The second-order valence-electron chi connectivity index (χ2n) is 15.6. The molecule has 278 valence electrons. The van der Waals surface area contributed by atoms with Crippen molar-refractivity contribution >= 4 is 86.8 Å². The van der Waals surface area contributed by atoms with Gasteiger partial charge in [0.15, 0.2) is 17.5 Å². The molecular weight excluding hydrogens is 733 g/mol. The van der Waals surface area contributed by atoms with E-state index < -0.39 is 0 Å². The number of benzene rings is 10. The second-order valence-corrected chi connectivity index (χ2v) is 15.6. The number of hydrogen-bond donors (Lipinski definition) is 0. The van der Waals surface area contributed by atoms with Gasteiger partial charge in [-0.05, 0) is 74.1 Å². The van der Waals surface area contributed by atoms with Gasteiger partial charge in [-0.3, -0.25) is 0 Å². The van der Waals surface area contributed by atoms with Gasteiger partial charge in [0, 0.05) is 49.7 Å².